The van der Waals surface area contributed by atoms with Gasteiger partial charge in [0.1, 0.15) is 11.4 Å². The Labute approximate surface area is 217 Å². The van der Waals surface area contributed by atoms with Crippen LogP contribution in [-0.2, 0) is 21.2 Å². The standard InChI is InChI=1S/C28H31N3O5S/c1-19-18-23-6-4-5-7-25(23)31(19)28(32)22-14-16-30(17-15-22)37(33,34)27-20(2)29-36-26(27)13-10-21-8-11-24(35-3)12-9-21/h4-13,19,22H,14-18H2,1-3H3/b13-10-. The number of hydrogen-bond donors (Lipinski definition) is 0. The number of carbonyl (C=O) groups excluding carboxylic acids is 1. The van der Waals surface area contributed by atoms with Crippen LogP contribution in [0.5, 0.6) is 5.75 Å². The second kappa shape index (κ2) is 10.1. The van der Waals surface area contributed by atoms with E-state index in [4.69, 9.17) is 9.26 Å². The lowest BCUT2D eigenvalue weighted by Crippen LogP contribution is -2.46. The van der Waals surface area contributed by atoms with Gasteiger partial charge >= 0.3 is 0 Å². The van der Waals surface area contributed by atoms with Gasteiger partial charge in [-0.25, -0.2) is 8.42 Å². The molecule has 9 heteroatoms. The summed E-state index contributed by atoms with van der Waals surface area (Å²) in [5, 5.41) is 3.93. The largest absolute Gasteiger partial charge is 0.497 e. The molecule has 0 N–H and O–H groups in total. The quantitative estimate of drug-likeness (QED) is 0.473. The fourth-order valence-corrected chi connectivity index (χ4v) is 6.98. The molecule has 37 heavy (non-hydrogen) atoms. The maximum Gasteiger partial charge on any atom is 0.248 e. The van der Waals surface area contributed by atoms with Gasteiger partial charge < -0.3 is 14.2 Å². The van der Waals surface area contributed by atoms with E-state index >= 15 is 0 Å². The predicted molar refractivity (Wildman–Crippen MR) is 142 cm³/mol. The van der Waals surface area contributed by atoms with Gasteiger partial charge in [0, 0.05) is 30.7 Å². The van der Waals surface area contributed by atoms with Gasteiger partial charge in [-0.05, 0) is 68.5 Å². The number of para-hydroxylation sites is 1. The smallest absolute Gasteiger partial charge is 0.248 e. The molecule has 3 heterocycles. The van der Waals surface area contributed by atoms with Crippen molar-refractivity contribution in [1.29, 1.82) is 0 Å². The number of carbonyl (C=O) groups is 1. The van der Waals surface area contributed by atoms with Gasteiger partial charge in [0.05, 0.1) is 7.11 Å². The van der Waals surface area contributed by atoms with Crippen molar-refractivity contribution >= 4 is 33.8 Å². The molecule has 0 aliphatic carbocycles. The molecule has 1 atom stereocenters. The third kappa shape index (κ3) is 4.81. The van der Waals surface area contributed by atoms with E-state index in [2.05, 4.69) is 18.1 Å². The fraction of sp³-hybridized carbons (Fsp3) is 0.357. The number of anilines is 1. The summed E-state index contributed by atoms with van der Waals surface area (Å²) in [5.74, 6) is 0.798. The van der Waals surface area contributed by atoms with Crippen molar-refractivity contribution in [3.05, 3.63) is 71.1 Å². The zero-order valence-electron chi connectivity index (χ0n) is 21.3. The fourth-order valence-electron chi connectivity index (χ4n) is 5.26. The Morgan fingerprint density at radius 3 is 2.49 bits per heavy atom. The maximum atomic E-state index is 13.6. The first-order valence-corrected chi connectivity index (χ1v) is 13.9. The number of sulfonamides is 1. The minimum Gasteiger partial charge on any atom is -0.497 e. The Hall–Kier alpha value is -3.43. The van der Waals surface area contributed by atoms with Crippen LogP contribution in [0, 0.1) is 12.8 Å². The molecule has 5 rings (SSSR count). The number of methoxy groups -OCH3 is 1. The minimum absolute atomic E-state index is 0.0733. The molecule has 0 spiro atoms. The lowest BCUT2D eigenvalue weighted by Gasteiger charge is -2.34. The summed E-state index contributed by atoms with van der Waals surface area (Å²) in [6.07, 6.45) is 5.19. The molecule has 0 radical (unpaired) electrons. The molecule has 0 bridgehead atoms. The molecule has 1 saturated heterocycles. The number of nitrogens with zero attached hydrogens (tertiary/aromatic N) is 3. The molecule has 1 fully saturated rings. The highest BCUT2D eigenvalue weighted by atomic mass is 32.2. The summed E-state index contributed by atoms with van der Waals surface area (Å²) in [5.41, 5.74) is 3.34. The molecule has 2 aliphatic rings. The number of amides is 1. The van der Waals surface area contributed by atoms with Crippen LogP contribution in [0.1, 0.15) is 42.3 Å². The number of piperidine rings is 1. The monoisotopic (exact) mass is 521 g/mol. The summed E-state index contributed by atoms with van der Waals surface area (Å²) in [4.78, 5) is 15.4. The number of aromatic nitrogens is 1. The van der Waals surface area contributed by atoms with Gasteiger partial charge in [-0.1, -0.05) is 41.6 Å². The van der Waals surface area contributed by atoms with Crippen molar-refractivity contribution < 1.29 is 22.5 Å². The second-order valence-corrected chi connectivity index (χ2v) is 11.5. The van der Waals surface area contributed by atoms with Crippen LogP contribution >= 0.6 is 0 Å². The average Bonchev–Trinajstić information content (AvgIpc) is 3.46. The van der Waals surface area contributed by atoms with E-state index in [1.54, 1.807) is 26.2 Å². The van der Waals surface area contributed by atoms with Crippen LogP contribution in [0.25, 0.3) is 12.2 Å². The third-order valence-corrected chi connectivity index (χ3v) is 9.28. The summed E-state index contributed by atoms with van der Waals surface area (Å²) >= 11 is 0. The maximum absolute atomic E-state index is 13.6. The molecule has 2 aliphatic heterocycles. The zero-order chi connectivity index (χ0) is 26.2. The van der Waals surface area contributed by atoms with Crippen LogP contribution in [0.2, 0.25) is 0 Å². The number of rotatable bonds is 6. The first-order chi connectivity index (χ1) is 17.8. The Balaban J connectivity index is 1.29. The molecule has 194 valence electrons. The van der Waals surface area contributed by atoms with Gasteiger partial charge in [-0.2, -0.15) is 4.31 Å². The SMILES string of the molecule is COc1ccc(/C=C\c2onc(C)c2S(=O)(=O)N2CCC(C(=O)N3c4ccccc4CC3C)CC2)cc1. The highest BCUT2D eigenvalue weighted by Gasteiger charge is 2.39. The number of aryl methyl sites for hydroxylation is 1. The summed E-state index contributed by atoms with van der Waals surface area (Å²) in [6, 6.07) is 15.5. The zero-order valence-corrected chi connectivity index (χ0v) is 22.1. The third-order valence-electron chi connectivity index (χ3n) is 7.22. The van der Waals surface area contributed by atoms with Crippen molar-refractivity contribution in [3.63, 3.8) is 0 Å². The van der Waals surface area contributed by atoms with E-state index in [9.17, 15) is 13.2 Å². The van der Waals surface area contributed by atoms with Crippen LogP contribution < -0.4 is 9.64 Å². The number of hydrogen-bond acceptors (Lipinski definition) is 6. The summed E-state index contributed by atoms with van der Waals surface area (Å²) < 4.78 is 39.2. The number of benzene rings is 2. The van der Waals surface area contributed by atoms with Crippen LogP contribution in [-0.4, -0.2) is 50.0 Å². The molecular formula is C28H31N3O5S. The molecule has 8 nitrogen and oxygen atoms in total. The van der Waals surface area contributed by atoms with E-state index in [0.717, 1.165) is 23.4 Å². The molecule has 2 aromatic carbocycles. The Morgan fingerprint density at radius 2 is 1.78 bits per heavy atom. The van der Waals surface area contributed by atoms with Gasteiger partial charge in [-0.3, -0.25) is 4.79 Å². The topological polar surface area (TPSA) is 93.0 Å². The molecule has 1 aromatic heterocycles. The molecule has 3 aromatic rings. The van der Waals surface area contributed by atoms with Gasteiger partial charge in [0.15, 0.2) is 10.7 Å². The Morgan fingerprint density at radius 1 is 1.08 bits per heavy atom. The van der Waals surface area contributed by atoms with E-state index in [1.807, 2.05) is 47.4 Å². The number of fused-ring (bicyclic) bond motifs is 1. The number of ether oxygens (including phenoxy) is 1. The van der Waals surface area contributed by atoms with E-state index in [-0.39, 0.29) is 41.6 Å². The van der Waals surface area contributed by atoms with Crippen molar-refractivity contribution in [1.82, 2.24) is 9.46 Å². The van der Waals surface area contributed by atoms with Gasteiger partial charge in [0.25, 0.3) is 0 Å². The van der Waals surface area contributed by atoms with Gasteiger partial charge in [-0.15, -0.1) is 0 Å². The highest BCUT2D eigenvalue weighted by Crippen LogP contribution is 2.35. The lowest BCUT2D eigenvalue weighted by atomic mass is 9.96. The second-order valence-electron chi connectivity index (χ2n) is 9.64. The van der Waals surface area contributed by atoms with E-state index in [0.29, 0.717) is 18.5 Å². The average molecular weight is 522 g/mol. The Bertz CT molecular complexity index is 1420. The van der Waals surface area contributed by atoms with Crippen molar-refractivity contribution in [3.8, 4) is 5.75 Å². The van der Waals surface area contributed by atoms with Crippen LogP contribution in [0.4, 0.5) is 5.69 Å². The highest BCUT2D eigenvalue weighted by molar-refractivity contribution is 7.89. The Kier molecular flexibility index (Phi) is 6.92. The molecule has 1 unspecified atom stereocenters. The first-order valence-electron chi connectivity index (χ1n) is 12.5. The van der Waals surface area contributed by atoms with Crippen molar-refractivity contribution in [2.45, 2.75) is 44.0 Å². The van der Waals surface area contributed by atoms with Crippen LogP contribution in [0.15, 0.2) is 57.9 Å². The van der Waals surface area contributed by atoms with E-state index < -0.39 is 10.0 Å². The van der Waals surface area contributed by atoms with E-state index in [1.165, 1.54) is 9.87 Å². The lowest BCUT2D eigenvalue weighted by molar-refractivity contribution is -0.123. The normalized spacial score (nSPS) is 18.9. The van der Waals surface area contributed by atoms with Crippen molar-refractivity contribution in [2.24, 2.45) is 5.92 Å². The molecule has 1 amide bonds. The predicted octanol–water partition coefficient (Wildman–Crippen LogP) is 4.54. The van der Waals surface area contributed by atoms with Gasteiger partial charge in [0.2, 0.25) is 15.9 Å². The molecular weight excluding hydrogens is 490 g/mol. The summed E-state index contributed by atoms with van der Waals surface area (Å²) in [7, 11) is -2.24. The van der Waals surface area contributed by atoms with Crippen molar-refractivity contribution in [2.75, 3.05) is 25.1 Å². The van der Waals surface area contributed by atoms with Crippen LogP contribution in [0.3, 0.4) is 0 Å². The molecule has 0 saturated carbocycles. The minimum atomic E-state index is -3.84. The summed E-state index contributed by atoms with van der Waals surface area (Å²) in [6.45, 7) is 4.24. The first kappa shape index (κ1) is 25.2.